The van der Waals surface area contributed by atoms with Crippen LogP contribution in [0.2, 0.25) is 0 Å². The zero-order chi connectivity index (χ0) is 39.8. The molecular weight excluding hydrogens is 727 g/mol. The van der Waals surface area contributed by atoms with Crippen LogP contribution < -0.4 is 9.64 Å². The van der Waals surface area contributed by atoms with Crippen LogP contribution in [0, 0.1) is 0 Å². The fourth-order valence-corrected chi connectivity index (χ4v) is 8.63. The molecule has 0 saturated carbocycles. The number of nitrogens with zero attached hydrogens (tertiary/aromatic N) is 1. The largest absolute Gasteiger partial charge is 0.455 e. The predicted molar refractivity (Wildman–Crippen MR) is 251 cm³/mol. The topological polar surface area (TPSA) is 12.5 Å². The second-order valence-corrected chi connectivity index (χ2v) is 15.3. The Hall–Kier alpha value is -7.94. The number of benzene rings is 10. The molecule has 0 amide bonds. The number of fused-ring (bicyclic) bond motifs is 6. The molecule has 2 nitrogen and oxygen atoms in total. The molecule has 282 valence electrons. The number of rotatable bonds is 7. The Morgan fingerprint density at radius 2 is 0.650 bits per heavy atom. The number of hydrogen-bond acceptors (Lipinski definition) is 2. The Bertz CT molecular complexity index is 3120. The minimum absolute atomic E-state index is 0.812. The highest BCUT2D eigenvalue weighted by Crippen LogP contribution is 2.52. The van der Waals surface area contributed by atoms with Crippen molar-refractivity contribution in [3.63, 3.8) is 0 Å². The minimum Gasteiger partial charge on any atom is -0.455 e. The van der Waals surface area contributed by atoms with Crippen molar-refractivity contribution < 1.29 is 4.74 Å². The van der Waals surface area contributed by atoms with Gasteiger partial charge in [0.05, 0.1) is 0 Å². The van der Waals surface area contributed by atoms with E-state index < -0.39 is 0 Å². The predicted octanol–water partition coefficient (Wildman–Crippen LogP) is 16.4. The smallest absolute Gasteiger partial charge is 0.143 e. The molecule has 0 unspecified atom stereocenters. The zero-order valence-electron chi connectivity index (χ0n) is 32.9. The van der Waals surface area contributed by atoms with Gasteiger partial charge >= 0.3 is 0 Å². The first-order valence-corrected chi connectivity index (χ1v) is 20.5. The summed E-state index contributed by atoms with van der Waals surface area (Å²) >= 11 is 0. The maximum Gasteiger partial charge on any atom is 0.143 e. The average molecular weight is 766 g/mol. The van der Waals surface area contributed by atoms with E-state index in [1.807, 2.05) is 0 Å². The molecule has 0 spiro atoms. The summed E-state index contributed by atoms with van der Waals surface area (Å²) in [6, 6.07) is 84.7. The second-order valence-electron chi connectivity index (χ2n) is 15.3. The summed E-state index contributed by atoms with van der Waals surface area (Å²) in [5, 5.41) is 2.40. The van der Waals surface area contributed by atoms with Crippen molar-refractivity contribution >= 4 is 27.8 Å². The molecule has 1 heterocycles. The lowest BCUT2D eigenvalue weighted by Crippen LogP contribution is -2.10. The van der Waals surface area contributed by atoms with E-state index in [9.17, 15) is 0 Å². The Labute approximate surface area is 350 Å². The van der Waals surface area contributed by atoms with Crippen LogP contribution in [0.25, 0.3) is 77.5 Å². The van der Waals surface area contributed by atoms with E-state index in [1.165, 1.54) is 38.6 Å². The maximum atomic E-state index is 7.23. The minimum atomic E-state index is 0.812. The third-order valence-electron chi connectivity index (χ3n) is 11.7. The van der Waals surface area contributed by atoms with Crippen molar-refractivity contribution in [3.05, 3.63) is 237 Å². The normalized spacial score (nSPS) is 11.5. The quantitative estimate of drug-likeness (QED) is 0.160. The van der Waals surface area contributed by atoms with E-state index >= 15 is 0 Å². The molecule has 0 bridgehead atoms. The molecule has 1 aliphatic rings. The lowest BCUT2D eigenvalue weighted by molar-refractivity contribution is 0.489. The van der Waals surface area contributed by atoms with Crippen LogP contribution in [-0.2, 0) is 0 Å². The Morgan fingerprint density at radius 3 is 1.17 bits per heavy atom. The van der Waals surface area contributed by atoms with Gasteiger partial charge in [-0.25, -0.2) is 0 Å². The summed E-state index contributed by atoms with van der Waals surface area (Å²) in [7, 11) is 0. The summed E-state index contributed by atoms with van der Waals surface area (Å²) in [4.78, 5) is 2.33. The number of hydrogen-bond donors (Lipinski definition) is 0. The SMILES string of the molecule is c1ccc(-c2ccc(-c3ccc(N(c4ccc(-c5ccccc5)cc4)c4ccc5c(c4)Oc4c(-c6ccccc6)cccc4-c4cc6ccccc6cc4-5)cc3)cc2)cc1. The molecule has 0 aliphatic carbocycles. The Kier molecular flexibility index (Phi) is 8.87. The lowest BCUT2D eigenvalue weighted by Gasteiger charge is -2.27. The van der Waals surface area contributed by atoms with E-state index in [1.54, 1.807) is 0 Å². The van der Waals surface area contributed by atoms with Crippen LogP contribution in [0.15, 0.2) is 237 Å². The highest BCUT2D eigenvalue weighted by molar-refractivity contribution is 6.01. The first kappa shape index (κ1) is 35.2. The van der Waals surface area contributed by atoms with E-state index in [2.05, 4.69) is 241 Å². The van der Waals surface area contributed by atoms with Crippen molar-refractivity contribution in [1.29, 1.82) is 0 Å². The number of para-hydroxylation sites is 1. The first-order chi connectivity index (χ1) is 29.7. The zero-order valence-corrected chi connectivity index (χ0v) is 32.9. The summed E-state index contributed by atoms with van der Waals surface area (Å²) < 4.78 is 7.23. The average Bonchev–Trinajstić information content (AvgIpc) is 3.46. The van der Waals surface area contributed by atoms with Gasteiger partial charge in [0.15, 0.2) is 0 Å². The van der Waals surface area contributed by atoms with Gasteiger partial charge in [-0.1, -0.05) is 182 Å². The van der Waals surface area contributed by atoms with Crippen LogP contribution >= 0.6 is 0 Å². The summed E-state index contributed by atoms with van der Waals surface area (Å²) in [6.45, 7) is 0. The van der Waals surface area contributed by atoms with Gasteiger partial charge in [0, 0.05) is 39.8 Å². The highest BCUT2D eigenvalue weighted by Gasteiger charge is 2.26. The lowest BCUT2D eigenvalue weighted by atomic mass is 9.90. The van der Waals surface area contributed by atoms with Crippen molar-refractivity contribution in [2.75, 3.05) is 4.90 Å². The van der Waals surface area contributed by atoms with Gasteiger partial charge in [-0.2, -0.15) is 0 Å². The molecule has 0 N–H and O–H groups in total. The third-order valence-corrected chi connectivity index (χ3v) is 11.7. The maximum absolute atomic E-state index is 7.23. The number of anilines is 3. The van der Waals surface area contributed by atoms with Gasteiger partial charge in [0.25, 0.3) is 0 Å². The van der Waals surface area contributed by atoms with E-state index in [0.29, 0.717) is 0 Å². The second kappa shape index (κ2) is 15.1. The fraction of sp³-hybridized carbons (Fsp3) is 0. The number of ether oxygens (including phenoxy) is 1. The van der Waals surface area contributed by atoms with Gasteiger partial charge < -0.3 is 9.64 Å². The molecular formula is C58H39NO. The van der Waals surface area contributed by atoms with Crippen molar-refractivity contribution in [3.8, 4) is 78.3 Å². The van der Waals surface area contributed by atoms with E-state index in [-0.39, 0.29) is 0 Å². The molecule has 10 aromatic carbocycles. The van der Waals surface area contributed by atoms with Gasteiger partial charge in [-0.05, 0) is 109 Å². The molecule has 0 aromatic heterocycles. The van der Waals surface area contributed by atoms with Gasteiger partial charge in [0.1, 0.15) is 11.5 Å². The van der Waals surface area contributed by atoms with Crippen molar-refractivity contribution in [1.82, 2.24) is 0 Å². The van der Waals surface area contributed by atoms with Crippen LogP contribution in [0.1, 0.15) is 0 Å². The van der Waals surface area contributed by atoms with Gasteiger partial charge in [-0.3, -0.25) is 0 Å². The first-order valence-electron chi connectivity index (χ1n) is 20.5. The molecule has 11 rings (SSSR count). The molecule has 0 saturated heterocycles. The molecule has 2 heteroatoms. The molecule has 0 fully saturated rings. The standard InChI is InChI=1S/C58H39NO/c1-4-13-40(14-5-1)42-23-25-43(26-24-42)45-29-33-50(34-30-45)59(49-31-27-44(28-32-49)41-15-6-2-7-16-41)51-35-36-53-55-37-47-19-10-11-20-48(47)38-56(55)54-22-12-21-52(46-17-8-3-9-18-46)58(54)60-57(53)39-51/h1-39H. The van der Waals surface area contributed by atoms with Crippen LogP contribution in [-0.4, -0.2) is 0 Å². The molecule has 1 aliphatic heterocycles. The summed E-state index contributed by atoms with van der Waals surface area (Å²) in [6.07, 6.45) is 0. The van der Waals surface area contributed by atoms with Gasteiger partial charge in [0.2, 0.25) is 0 Å². The Balaban J connectivity index is 1.05. The molecule has 0 atom stereocenters. The third kappa shape index (κ3) is 6.51. The fourth-order valence-electron chi connectivity index (χ4n) is 8.63. The van der Waals surface area contributed by atoms with Crippen molar-refractivity contribution in [2.24, 2.45) is 0 Å². The summed E-state index contributed by atoms with van der Waals surface area (Å²) in [5.74, 6) is 1.67. The van der Waals surface area contributed by atoms with E-state index in [4.69, 9.17) is 4.74 Å². The highest BCUT2D eigenvalue weighted by atomic mass is 16.5. The van der Waals surface area contributed by atoms with Crippen LogP contribution in [0.5, 0.6) is 11.5 Å². The van der Waals surface area contributed by atoms with Crippen LogP contribution in [0.4, 0.5) is 17.1 Å². The Morgan fingerprint density at radius 1 is 0.250 bits per heavy atom. The monoisotopic (exact) mass is 765 g/mol. The molecule has 0 radical (unpaired) electrons. The summed E-state index contributed by atoms with van der Waals surface area (Å²) in [5.41, 5.74) is 16.9. The van der Waals surface area contributed by atoms with Crippen LogP contribution in [0.3, 0.4) is 0 Å². The molecule has 60 heavy (non-hydrogen) atoms. The molecule has 10 aromatic rings. The van der Waals surface area contributed by atoms with Crippen molar-refractivity contribution in [2.45, 2.75) is 0 Å². The van der Waals surface area contributed by atoms with Gasteiger partial charge in [-0.15, -0.1) is 0 Å². The van der Waals surface area contributed by atoms with E-state index in [0.717, 1.165) is 67.5 Å².